The van der Waals surface area contributed by atoms with Crippen LogP contribution in [0.4, 0.5) is 27.5 Å². The highest BCUT2D eigenvalue weighted by Crippen LogP contribution is 2.22. The lowest BCUT2D eigenvalue weighted by Crippen LogP contribution is -2.36. The van der Waals surface area contributed by atoms with E-state index in [1.54, 1.807) is 12.1 Å². The number of benzene rings is 2. The van der Waals surface area contributed by atoms with Crippen molar-refractivity contribution in [1.82, 2.24) is 9.97 Å². The van der Waals surface area contributed by atoms with E-state index in [-0.39, 0.29) is 11.4 Å². The number of primary amides is 1. The molecule has 1 fully saturated rings. The smallest absolute Gasteiger partial charge is 0.254 e. The fourth-order valence-electron chi connectivity index (χ4n) is 3.25. The number of ether oxygens (including phenoxy) is 1. The van der Waals surface area contributed by atoms with Crippen LogP contribution in [0.15, 0.2) is 54.7 Å². The van der Waals surface area contributed by atoms with Crippen LogP contribution in [0.1, 0.15) is 15.9 Å². The van der Waals surface area contributed by atoms with E-state index in [9.17, 15) is 9.18 Å². The molecule has 4 N–H and O–H groups in total. The molecule has 1 amide bonds. The largest absolute Gasteiger partial charge is 0.378 e. The summed E-state index contributed by atoms with van der Waals surface area (Å²) >= 11 is 0. The quantitative estimate of drug-likeness (QED) is 0.538. The number of halogens is 1. The van der Waals surface area contributed by atoms with Gasteiger partial charge in [0, 0.05) is 37.2 Å². The Morgan fingerprint density at radius 1 is 1.10 bits per heavy atom. The molecule has 0 aliphatic carbocycles. The molecule has 9 heteroatoms. The molecule has 2 aromatic carbocycles. The minimum atomic E-state index is -0.636. The van der Waals surface area contributed by atoms with Gasteiger partial charge in [0.2, 0.25) is 5.95 Å². The van der Waals surface area contributed by atoms with Gasteiger partial charge < -0.3 is 26.0 Å². The van der Waals surface area contributed by atoms with Gasteiger partial charge >= 0.3 is 0 Å². The van der Waals surface area contributed by atoms with Crippen LogP contribution in [0.5, 0.6) is 0 Å². The van der Waals surface area contributed by atoms with E-state index < -0.39 is 5.91 Å². The molecule has 1 aliphatic rings. The van der Waals surface area contributed by atoms with Gasteiger partial charge in [-0.1, -0.05) is 12.1 Å². The third kappa shape index (κ3) is 5.26. The average molecular weight is 422 g/mol. The van der Waals surface area contributed by atoms with E-state index >= 15 is 0 Å². The van der Waals surface area contributed by atoms with Crippen molar-refractivity contribution in [3.63, 3.8) is 0 Å². The van der Waals surface area contributed by atoms with E-state index in [4.69, 9.17) is 10.5 Å². The molecule has 3 aromatic rings. The lowest BCUT2D eigenvalue weighted by atomic mass is 10.2. The van der Waals surface area contributed by atoms with Gasteiger partial charge in [-0.3, -0.25) is 4.79 Å². The van der Waals surface area contributed by atoms with Gasteiger partial charge in [-0.05, 0) is 42.0 Å². The zero-order valence-electron chi connectivity index (χ0n) is 16.8. The van der Waals surface area contributed by atoms with Crippen LogP contribution < -0.4 is 21.3 Å². The molecule has 8 nitrogen and oxygen atoms in total. The van der Waals surface area contributed by atoms with Gasteiger partial charge in [-0.25, -0.2) is 9.37 Å². The fraction of sp³-hybridized carbons (Fsp3) is 0.227. The number of carbonyl (C=O) groups excluding carboxylic acids is 1. The monoisotopic (exact) mass is 422 g/mol. The molecule has 1 aliphatic heterocycles. The number of nitrogens with one attached hydrogen (secondary N) is 2. The van der Waals surface area contributed by atoms with Crippen LogP contribution in [0.25, 0.3) is 0 Å². The van der Waals surface area contributed by atoms with Crippen LogP contribution in [-0.2, 0) is 11.3 Å². The van der Waals surface area contributed by atoms with E-state index in [1.165, 1.54) is 18.3 Å². The molecule has 0 unspecified atom stereocenters. The standard InChI is InChI=1S/C22H23FN6O2/c23-16-3-1-15(2-4-16)13-25-21-19(20(24)30)14-26-22(28-21)27-17-5-7-18(8-6-17)29-9-11-31-12-10-29/h1-8,14H,9-13H2,(H2,24,30)(H2,25,26,27,28). The van der Waals surface area contributed by atoms with Gasteiger partial charge in [0.15, 0.2) is 0 Å². The number of nitrogens with zero attached hydrogens (tertiary/aromatic N) is 3. The number of nitrogens with two attached hydrogens (primary N) is 1. The predicted octanol–water partition coefficient (Wildman–Crippen LogP) is 2.91. The first-order valence-electron chi connectivity index (χ1n) is 9.93. The highest BCUT2D eigenvalue weighted by Gasteiger charge is 2.13. The van der Waals surface area contributed by atoms with Gasteiger partial charge in [-0.2, -0.15) is 4.98 Å². The van der Waals surface area contributed by atoms with E-state index in [0.717, 1.165) is 43.2 Å². The second-order valence-corrected chi connectivity index (χ2v) is 7.07. The van der Waals surface area contributed by atoms with Gasteiger partial charge in [-0.15, -0.1) is 0 Å². The maximum Gasteiger partial charge on any atom is 0.254 e. The van der Waals surface area contributed by atoms with Gasteiger partial charge in [0.05, 0.1) is 18.8 Å². The summed E-state index contributed by atoms with van der Waals surface area (Å²) in [6, 6.07) is 14.0. The fourth-order valence-corrected chi connectivity index (χ4v) is 3.25. The maximum absolute atomic E-state index is 13.1. The predicted molar refractivity (Wildman–Crippen MR) is 117 cm³/mol. The van der Waals surface area contributed by atoms with Crippen LogP contribution in [0, 0.1) is 5.82 Å². The summed E-state index contributed by atoms with van der Waals surface area (Å²) in [4.78, 5) is 22.6. The molecule has 0 atom stereocenters. The Balaban J connectivity index is 1.47. The van der Waals surface area contributed by atoms with Crippen LogP contribution >= 0.6 is 0 Å². The number of aromatic nitrogens is 2. The maximum atomic E-state index is 13.1. The van der Waals surface area contributed by atoms with E-state index in [0.29, 0.717) is 18.3 Å². The second-order valence-electron chi connectivity index (χ2n) is 7.07. The van der Waals surface area contributed by atoms with Crippen molar-refractivity contribution in [3.05, 3.63) is 71.7 Å². The van der Waals surface area contributed by atoms with Crippen molar-refractivity contribution in [1.29, 1.82) is 0 Å². The minimum Gasteiger partial charge on any atom is -0.378 e. The topological polar surface area (TPSA) is 105 Å². The second kappa shape index (κ2) is 9.40. The Hall–Kier alpha value is -3.72. The Bertz CT molecular complexity index is 1040. The average Bonchev–Trinajstić information content (AvgIpc) is 2.80. The normalized spacial score (nSPS) is 13.6. The lowest BCUT2D eigenvalue weighted by molar-refractivity contribution is 0.100. The first kappa shape index (κ1) is 20.5. The SMILES string of the molecule is NC(=O)c1cnc(Nc2ccc(N3CCOCC3)cc2)nc1NCc1ccc(F)cc1. The molecule has 2 heterocycles. The number of anilines is 4. The highest BCUT2D eigenvalue weighted by atomic mass is 19.1. The molecule has 0 spiro atoms. The Morgan fingerprint density at radius 3 is 2.48 bits per heavy atom. The molecular weight excluding hydrogens is 399 g/mol. The van der Waals surface area contributed by atoms with Crippen LogP contribution in [0.3, 0.4) is 0 Å². The van der Waals surface area contributed by atoms with Gasteiger partial charge in [0.25, 0.3) is 5.91 Å². The summed E-state index contributed by atoms with van der Waals surface area (Å²) < 4.78 is 18.5. The molecule has 1 saturated heterocycles. The van der Waals surface area contributed by atoms with Crippen molar-refractivity contribution < 1.29 is 13.9 Å². The van der Waals surface area contributed by atoms with Crippen molar-refractivity contribution >= 4 is 29.0 Å². The summed E-state index contributed by atoms with van der Waals surface area (Å²) in [7, 11) is 0. The van der Waals surface area contributed by atoms with Crippen LogP contribution in [-0.4, -0.2) is 42.2 Å². The summed E-state index contributed by atoms with van der Waals surface area (Å²) in [6.45, 7) is 3.55. The zero-order valence-corrected chi connectivity index (χ0v) is 16.8. The first-order valence-corrected chi connectivity index (χ1v) is 9.93. The van der Waals surface area contributed by atoms with E-state index in [2.05, 4.69) is 25.5 Å². The first-order chi connectivity index (χ1) is 15.1. The minimum absolute atomic E-state index is 0.176. The third-order valence-electron chi connectivity index (χ3n) is 4.93. The number of hydrogen-bond donors (Lipinski definition) is 3. The lowest BCUT2D eigenvalue weighted by Gasteiger charge is -2.28. The highest BCUT2D eigenvalue weighted by molar-refractivity contribution is 5.97. The summed E-state index contributed by atoms with van der Waals surface area (Å²) in [5.74, 6) is -0.317. The number of hydrogen-bond acceptors (Lipinski definition) is 7. The molecule has 0 radical (unpaired) electrons. The zero-order chi connectivity index (χ0) is 21.6. The number of rotatable bonds is 7. The van der Waals surface area contributed by atoms with E-state index in [1.807, 2.05) is 24.3 Å². The van der Waals surface area contributed by atoms with Crippen molar-refractivity contribution in [3.8, 4) is 0 Å². The molecule has 31 heavy (non-hydrogen) atoms. The number of amides is 1. The Labute approximate surface area is 179 Å². The Kier molecular flexibility index (Phi) is 6.23. The van der Waals surface area contributed by atoms with Crippen LogP contribution in [0.2, 0.25) is 0 Å². The molecular formula is C22H23FN6O2. The molecule has 4 rings (SSSR count). The van der Waals surface area contributed by atoms with Crippen molar-refractivity contribution in [2.75, 3.05) is 41.8 Å². The Morgan fingerprint density at radius 2 is 1.81 bits per heavy atom. The third-order valence-corrected chi connectivity index (χ3v) is 4.93. The molecule has 0 bridgehead atoms. The van der Waals surface area contributed by atoms with Crippen molar-refractivity contribution in [2.45, 2.75) is 6.54 Å². The summed E-state index contributed by atoms with van der Waals surface area (Å²) in [5.41, 5.74) is 8.40. The molecule has 0 saturated carbocycles. The number of carbonyl (C=O) groups is 1. The molecule has 1 aromatic heterocycles. The summed E-state index contributed by atoms with van der Waals surface area (Å²) in [6.07, 6.45) is 1.38. The molecule has 160 valence electrons. The number of morpholine rings is 1. The van der Waals surface area contributed by atoms with Gasteiger partial charge in [0.1, 0.15) is 11.6 Å². The van der Waals surface area contributed by atoms with Crippen molar-refractivity contribution in [2.24, 2.45) is 5.73 Å². The summed E-state index contributed by atoms with van der Waals surface area (Å²) in [5, 5.41) is 6.21.